The van der Waals surface area contributed by atoms with Crippen LogP contribution >= 0.6 is 24.0 Å². The molecule has 0 atom stereocenters. The monoisotopic (exact) mass is 320 g/mol. The summed E-state index contributed by atoms with van der Waals surface area (Å²) in [6, 6.07) is 15.2. The molecule has 0 heterocycles. The SMILES string of the molecule is Cc1ccc(NC(=S)NCCSc2ccccc2)c(F)c1. The van der Waals surface area contributed by atoms with Crippen LogP contribution < -0.4 is 10.6 Å². The van der Waals surface area contributed by atoms with Crippen molar-refractivity contribution in [2.24, 2.45) is 0 Å². The van der Waals surface area contributed by atoms with E-state index in [9.17, 15) is 4.39 Å². The fourth-order valence-electron chi connectivity index (χ4n) is 1.74. The van der Waals surface area contributed by atoms with Gasteiger partial charge in [-0.3, -0.25) is 0 Å². The van der Waals surface area contributed by atoms with E-state index in [2.05, 4.69) is 22.8 Å². The van der Waals surface area contributed by atoms with Crippen molar-refractivity contribution in [3.8, 4) is 0 Å². The summed E-state index contributed by atoms with van der Waals surface area (Å²) in [6.45, 7) is 2.57. The van der Waals surface area contributed by atoms with Crippen molar-refractivity contribution in [3.63, 3.8) is 0 Å². The summed E-state index contributed by atoms with van der Waals surface area (Å²) in [5.74, 6) is 0.597. The number of nitrogens with one attached hydrogen (secondary N) is 2. The van der Waals surface area contributed by atoms with Crippen molar-refractivity contribution in [2.45, 2.75) is 11.8 Å². The van der Waals surface area contributed by atoms with E-state index in [-0.39, 0.29) is 5.82 Å². The highest BCUT2D eigenvalue weighted by molar-refractivity contribution is 7.99. The number of benzene rings is 2. The molecule has 0 bridgehead atoms. The predicted octanol–water partition coefficient (Wildman–Crippen LogP) is 4.21. The van der Waals surface area contributed by atoms with E-state index in [0.717, 1.165) is 17.9 Å². The van der Waals surface area contributed by atoms with E-state index in [1.165, 1.54) is 11.0 Å². The molecule has 2 rings (SSSR count). The average Bonchev–Trinajstić information content (AvgIpc) is 2.48. The second-order valence-electron chi connectivity index (χ2n) is 4.53. The third-order valence-corrected chi connectivity index (χ3v) is 4.03. The normalized spacial score (nSPS) is 10.2. The molecule has 2 aromatic carbocycles. The zero-order valence-electron chi connectivity index (χ0n) is 11.7. The van der Waals surface area contributed by atoms with E-state index in [4.69, 9.17) is 12.2 Å². The van der Waals surface area contributed by atoms with Crippen LogP contribution in [0.4, 0.5) is 10.1 Å². The maximum absolute atomic E-state index is 13.7. The topological polar surface area (TPSA) is 24.1 Å². The van der Waals surface area contributed by atoms with Gasteiger partial charge in [0, 0.05) is 17.2 Å². The molecule has 0 aliphatic rings. The van der Waals surface area contributed by atoms with Crippen LogP contribution in [0.15, 0.2) is 53.4 Å². The van der Waals surface area contributed by atoms with Crippen molar-refractivity contribution in [1.29, 1.82) is 0 Å². The summed E-state index contributed by atoms with van der Waals surface area (Å²) in [7, 11) is 0. The molecule has 0 saturated heterocycles. The van der Waals surface area contributed by atoms with Crippen LogP contribution in [-0.2, 0) is 0 Å². The molecule has 0 fully saturated rings. The average molecular weight is 320 g/mol. The number of rotatable bonds is 5. The minimum absolute atomic E-state index is 0.294. The number of halogens is 1. The second kappa shape index (κ2) is 8.00. The molecule has 2 nitrogen and oxygen atoms in total. The van der Waals surface area contributed by atoms with Crippen LogP contribution in [0.2, 0.25) is 0 Å². The van der Waals surface area contributed by atoms with Crippen LogP contribution in [0.1, 0.15) is 5.56 Å². The predicted molar refractivity (Wildman–Crippen MR) is 92.5 cm³/mol. The maximum atomic E-state index is 13.7. The Morgan fingerprint density at radius 3 is 2.67 bits per heavy atom. The van der Waals surface area contributed by atoms with Crippen LogP contribution in [0.5, 0.6) is 0 Å². The maximum Gasteiger partial charge on any atom is 0.170 e. The summed E-state index contributed by atoms with van der Waals surface area (Å²) in [5.41, 5.74) is 1.28. The van der Waals surface area contributed by atoms with E-state index < -0.39 is 0 Å². The minimum Gasteiger partial charge on any atom is -0.362 e. The van der Waals surface area contributed by atoms with E-state index in [1.54, 1.807) is 17.8 Å². The van der Waals surface area contributed by atoms with Gasteiger partial charge >= 0.3 is 0 Å². The van der Waals surface area contributed by atoms with Gasteiger partial charge < -0.3 is 10.6 Å². The largest absolute Gasteiger partial charge is 0.362 e. The first-order chi connectivity index (χ1) is 10.1. The highest BCUT2D eigenvalue weighted by atomic mass is 32.2. The number of aryl methyl sites for hydroxylation is 1. The Morgan fingerprint density at radius 2 is 1.95 bits per heavy atom. The van der Waals surface area contributed by atoms with Crippen molar-refractivity contribution in [1.82, 2.24) is 5.32 Å². The Morgan fingerprint density at radius 1 is 1.19 bits per heavy atom. The molecular formula is C16H17FN2S2. The Bertz CT molecular complexity index is 602. The first-order valence-corrected chi connectivity index (χ1v) is 8.03. The number of thioether (sulfide) groups is 1. The third-order valence-electron chi connectivity index (χ3n) is 2.77. The molecule has 0 spiro atoms. The van der Waals surface area contributed by atoms with E-state index in [0.29, 0.717) is 10.8 Å². The summed E-state index contributed by atoms with van der Waals surface area (Å²) in [4.78, 5) is 1.22. The smallest absolute Gasteiger partial charge is 0.170 e. The molecule has 0 aliphatic carbocycles. The highest BCUT2D eigenvalue weighted by Gasteiger charge is 2.03. The van der Waals surface area contributed by atoms with Gasteiger partial charge in [0.25, 0.3) is 0 Å². The molecule has 0 aliphatic heterocycles. The van der Waals surface area contributed by atoms with Gasteiger partial charge in [0.15, 0.2) is 5.11 Å². The molecule has 0 amide bonds. The first kappa shape index (κ1) is 15.8. The van der Waals surface area contributed by atoms with Gasteiger partial charge in [-0.15, -0.1) is 11.8 Å². The quantitative estimate of drug-likeness (QED) is 0.489. The molecular weight excluding hydrogens is 303 g/mol. The number of thiocarbonyl (C=S) groups is 1. The van der Waals surface area contributed by atoms with Gasteiger partial charge in [-0.2, -0.15) is 0 Å². The van der Waals surface area contributed by atoms with Crippen LogP contribution in [0.25, 0.3) is 0 Å². The zero-order chi connectivity index (χ0) is 15.1. The number of hydrogen-bond acceptors (Lipinski definition) is 2. The molecule has 2 aromatic rings. The second-order valence-corrected chi connectivity index (χ2v) is 6.10. The van der Waals surface area contributed by atoms with Gasteiger partial charge in [0.1, 0.15) is 5.82 Å². The lowest BCUT2D eigenvalue weighted by Gasteiger charge is -2.11. The molecule has 21 heavy (non-hydrogen) atoms. The lowest BCUT2D eigenvalue weighted by Crippen LogP contribution is -2.30. The summed E-state index contributed by atoms with van der Waals surface area (Å²) in [6.07, 6.45) is 0. The summed E-state index contributed by atoms with van der Waals surface area (Å²) in [5, 5.41) is 6.38. The Kier molecular flexibility index (Phi) is 6.02. The summed E-state index contributed by atoms with van der Waals surface area (Å²) < 4.78 is 13.7. The standard InChI is InChI=1S/C16H17FN2S2/c1-12-7-8-15(14(17)11-12)19-16(20)18-9-10-21-13-5-3-2-4-6-13/h2-8,11H,9-10H2,1H3,(H2,18,19,20). The van der Waals surface area contributed by atoms with E-state index in [1.807, 2.05) is 31.2 Å². The molecule has 110 valence electrons. The molecule has 0 unspecified atom stereocenters. The lowest BCUT2D eigenvalue weighted by atomic mass is 10.2. The van der Waals surface area contributed by atoms with Crippen LogP contribution in [0, 0.1) is 12.7 Å². The first-order valence-electron chi connectivity index (χ1n) is 6.64. The fraction of sp³-hybridized carbons (Fsp3) is 0.188. The third kappa shape index (κ3) is 5.36. The van der Waals surface area contributed by atoms with Gasteiger partial charge in [-0.25, -0.2) is 4.39 Å². The molecule has 5 heteroatoms. The number of anilines is 1. The highest BCUT2D eigenvalue weighted by Crippen LogP contribution is 2.16. The minimum atomic E-state index is -0.294. The van der Waals surface area contributed by atoms with Crippen molar-refractivity contribution in [3.05, 3.63) is 59.9 Å². The van der Waals surface area contributed by atoms with Gasteiger partial charge in [-0.05, 0) is 49.0 Å². The Hall–Kier alpha value is -1.59. The van der Waals surface area contributed by atoms with Crippen LogP contribution in [0.3, 0.4) is 0 Å². The van der Waals surface area contributed by atoms with E-state index >= 15 is 0 Å². The van der Waals surface area contributed by atoms with Crippen LogP contribution in [-0.4, -0.2) is 17.4 Å². The Balaban J connectivity index is 1.72. The molecule has 0 aromatic heterocycles. The van der Waals surface area contributed by atoms with Crippen molar-refractivity contribution >= 4 is 34.8 Å². The van der Waals surface area contributed by atoms with Gasteiger partial charge in [0.05, 0.1) is 5.69 Å². The summed E-state index contributed by atoms with van der Waals surface area (Å²) >= 11 is 6.91. The fourth-order valence-corrected chi connectivity index (χ4v) is 2.74. The Labute approximate surface area is 134 Å². The zero-order valence-corrected chi connectivity index (χ0v) is 13.4. The van der Waals surface area contributed by atoms with Gasteiger partial charge in [0.2, 0.25) is 0 Å². The molecule has 0 saturated carbocycles. The van der Waals surface area contributed by atoms with Crippen molar-refractivity contribution < 1.29 is 4.39 Å². The van der Waals surface area contributed by atoms with Gasteiger partial charge in [-0.1, -0.05) is 24.3 Å². The lowest BCUT2D eigenvalue weighted by molar-refractivity contribution is 0.631. The number of hydrogen-bond donors (Lipinski definition) is 2. The van der Waals surface area contributed by atoms with Crippen molar-refractivity contribution in [2.75, 3.05) is 17.6 Å². The molecule has 0 radical (unpaired) electrons. The molecule has 2 N–H and O–H groups in total.